The van der Waals surface area contributed by atoms with E-state index >= 15 is 0 Å². The number of non-ortho nitro benzene ring substituents is 1. The van der Waals surface area contributed by atoms with Crippen LogP contribution >= 0.6 is 15.9 Å². The number of likely N-dealkylation sites (N-methyl/N-ethyl adjacent to an activating group) is 1. The van der Waals surface area contributed by atoms with Crippen molar-refractivity contribution in [2.75, 3.05) is 13.7 Å². The highest BCUT2D eigenvalue weighted by molar-refractivity contribution is 9.10. The van der Waals surface area contributed by atoms with Gasteiger partial charge < -0.3 is 10.1 Å². The zero-order valence-corrected chi connectivity index (χ0v) is 9.98. The SMILES string of the molecule is CNC(=O)COc1cc(Br)cc([N+](=O)[O-])c1. The first kappa shape index (κ1) is 12.4. The molecule has 16 heavy (non-hydrogen) atoms. The van der Waals surface area contributed by atoms with Gasteiger partial charge in [-0.2, -0.15) is 0 Å². The second kappa shape index (κ2) is 5.45. The molecule has 0 bridgehead atoms. The minimum Gasteiger partial charge on any atom is -0.483 e. The minimum absolute atomic E-state index is 0.0960. The fourth-order valence-corrected chi connectivity index (χ4v) is 1.42. The number of nitro benzene ring substituents is 1. The quantitative estimate of drug-likeness (QED) is 0.672. The first-order valence-corrected chi connectivity index (χ1v) is 5.10. The molecule has 0 saturated carbocycles. The lowest BCUT2D eigenvalue weighted by molar-refractivity contribution is -0.385. The summed E-state index contributed by atoms with van der Waals surface area (Å²) in [5.74, 6) is -0.0349. The molecule has 0 radical (unpaired) electrons. The molecule has 1 aromatic carbocycles. The third-order valence-corrected chi connectivity index (χ3v) is 2.17. The van der Waals surface area contributed by atoms with Gasteiger partial charge in [-0.3, -0.25) is 14.9 Å². The summed E-state index contributed by atoms with van der Waals surface area (Å²) in [6, 6.07) is 4.16. The number of nitrogens with one attached hydrogen (secondary N) is 1. The Bertz CT molecular complexity index is 422. The summed E-state index contributed by atoms with van der Waals surface area (Å²) in [5.41, 5.74) is -0.0960. The second-order valence-corrected chi connectivity index (χ2v) is 3.78. The molecule has 1 aromatic rings. The lowest BCUT2D eigenvalue weighted by atomic mass is 10.3. The highest BCUT2D eigenvalue weighted by Crippen LogP contribution is 2.25. The molecule has 0 spiro atoms. The zero-order valence-electron chi connectivity index (χ0n) is 8.40. The molecule has 0 heterocycles. The van der Waals surface area contributed by atoms with Gasteiger partial charge in [-0.25, -0.2) is 0 Å². The number of nitro groups is 1. The normalized spacial score (nSPS) is 9.62. The largest absolute Gasteiger partial charge is 0.483 e. The van der Waals surface area contributed by atoms with Gasteiger partial charge in [0.2, 0.25) is 0 Å². The summed E-state index contributed by atoms with van der Waals surface area (Å²) >= 11 is 3.12. The molecule has 0 fully saturated rings. The van der Waals surface area contributed by atoms with Crippen molar-refractivity contribution in [1.29, 1.82) is 0 Å². The molecule has 0 atom stereocenters. The third kappa shape index (κ3) is 3.50. The molecular weight excluding hydrogens is 280 g/mol. The van der Waals surface area contributed by atoms with Gasteiger partial charge in [-0.05, 0) is 6.07 Å². The van der Waals surface area contributed by atoms with Crippen LogP contribution in [0.1, 0.15) is 0 Å². The molecule has 0 aliphatic rings. The van der Waals surface area contributed by atoms with Crippen LogP contribution in [-0.4, -0.2) is 24.5 Å². The van der Waals surface area contributed by atoms with Crippen LogP contribution in [0.5, 0.6) is 5.75 Å². The smallest absolute Gasteiger partial charge is 0.274 e. The number of benzene rings is 1. The summed E-state index contributed by atoms with van der Waals surface area (Å²) in [6.07, 6.45) is 0. The number of carbonyl (C=O) groups is 1. The Morgan fingerprint density at radius 2 is 2.25 bits per heavy atom. The summed E-state index contributed by atoms with van der Waals surface area (Å²) < 4.78 is 5.61. The molecular formula is C9H9BrN2O4. The van der Waals surface area contributed by atoms with Crippen LogP contribution in [0.4, 0.5) is 5.69 Å². The summed E-state index contributed by atoms with van der Waals surface area (Å²) in [4.78, 5) is 20.9. The van der Waals surface area contributed by atoms with Crippen LogP contribution in [0.3, 0.4) is 0 Å². The van der Waals surface area contributed by atoms with Crippen LogP contribution in [0.2, 0.25) is 0 Å². The first-order valence-electron chi connectivity index (χ1n) is 4.31. The topological polar surface area (TPSA) is 81.5 Å². The van der Waals surface area contributed by atoms with E-state index in [0.717, 1.165) is 0 Å². The average molecular weight is 289 g/mol. The van der Waals surface area contributed by atoms with Gasteiger partial charge >= 0.3 is 0 Å². The van der Waals surface area contributed by atoms with Gasteiger partial charge in [0.05, 0.1) is 11.0 Å². The van der Waals surface area contributed by atoms with Crippen molar-refractivity contribution in [2.24, 2.45) is 0 Å². The van der Waals surface area contributed by atoms with Crippen molar-refractivity contribution in [3.63, 3.8) is 0 Å². The van der Waals surface area contributed by atoms with Gasteiger partial charge in [0.25, 0.3) is 11.6 Å². The van der Waals surface area contributed by atoms with E-state index in [1.54, 1.807) is 6.07 Å². The van der Waals surface area contributed by atoms with Crippen molar-refractivity contribution >= 4 is 27.5 Å². The van der Waals surface area contributed by atoms with E-state index < -0.39 is 4.92 Å². The molecule has 0 saturated heterocycles. The number of rotatable bonds is 4. The van der Waals surface area contributed by atoms with Crippen LogP contribution in [-0.2, 0) is 4.79 Å². The Morgan fingerprint density at radius 3 is 2.81 bits per heavy atom. The van der Waals surface area contributed by atoms with Crippen LogP contribution in [0, 0.1) is 10.1 Å². The number of amides is 1. The van der Waals surface area contributed by atoms with E-state index in [1.807, 2.05) is 0 Å². The number of carbonyl (C=O) groups excluding carboxylic acids is 1. The Morgan fingerprint density at radius 1 is 1.56 bits per heavy atom. The maximum atomic E-state index is 10.9. The van der Waals surface area contributed by atoms with E-state index in [2.05, 4.69) is 21.2 Å². The number of ether oxygens (including phenoxy) is 1. The molecule has 7 heteroatoms. The predicted octanol–water partition coefficient (Wildman–Crippen LogP) is 1.48. The van der Waals surface area contributed by atoms with Crippen molar-refractivity contribution in [3.05, 3.63) is 32.8 Å². The highest BCUT2D eigenvalue weighted by Gasteiger charge is 2.10. The monoisotopic (exact) mass is 288 g/mol. The van der Waals surface area contributed by atoms with Crippen molar-refractivity contribution in [3.8, 4) is 5.75 Å². The van der Waals surface area contributed by atoms with Gasteiger partial charge in [0.15, 0.2) is 6.61 Å². The van der Waals surface area contributed by atoms with Gasteiger partial charge in [0, 0.05) is 17.6 Å². The van der Waals surface area contributed by atoms with Gasteiger partial charge in [-0.15, -0.1) is 0 Å². The third-order valence-electron chi connectivity index (χ3n) is 1.72. The summed E-state index contributed by atoms with van der Waals surface area (Å²) in [7, 11) is 1.48. The molecule has 0 aliphatic carbocycles. The molecule has 0 aliphatic heterocycles. The molecule has 0 aromatic heterocycles. The molecule has 1 N–H and O–H groups in total. The van der Waals surface area contributed by atoms with Crippen molar-refractivity contribution in [1.82, 2.24) is 5.32 Å². The van der Waals surface area contributed by atoms with E-state index in [-0.39, 0.29) is 24.0 Å². The standard InChI is InChI=1S/C9H9BrN2O4/c1-11-9(13)5-16-8-3-6(10)2-7(4-8)12(14)15/h2-4H,5H2,1H3,(H,11,13). The van der Waals surface area contributed by atoms with E-state index in [4.69, 9.17) is 4.74 Å². The number of nitrogens with zero attached hydrogens (tertiary/aromatic N) is 1. The average Bonchev–Trinajstić information content (AvgIpc) is 2.25. The molecule has 1 amide bonds. The fraction of sp³-hybridized carbons (Fsp3) is 0.222. The zero-order chi connectivity index (χ0) is 12.1. The highest BCUT2D eigenvalue weighted by atomic mass is 79.9. The van der Waals surface area contributed by atoms with Crippen molar-refractivity contribution in [2.45, 2.75) is 0 Å². The molecule has 86 valence electrons. The maximum Gasteiger partial charge on any atom is 0.274 e. The van der Waals surface area contributed by atoms with Crippen LogP contribution in [0.25, 0.3) is 0 Å². The second-order valence-electron chi connectivity index (χ2n) is 2.86. The lowest BCUT2D eigenvalue weighted by Gasteiger charge is -2.05. The first-order chi connectivity index (χ1) is 7.52. The number of halogens is 1. The summed E-state index contributed by atoms with van der Waals surface area (Å²) in [6.45, 7) is -0.176. The Kier molecular flexibility index (Phi) is 4.24. The molecule has 1 rings (SSSR count). The van der Waals surface area contributed by atoms with Crippen molar-refractivity contribution < 1.29 is 14.5 Å². The van der Waals surface area contributed by atoms with E-state index in [0.29, 0.717) is 4.47 Å². The maximum absolute atomic E-state index is 10.9. The minimum atomic E-state index is -0.530. The Hall–Kier alpha value is -1.63. The van der Waals surface area contributed by atoms with Gasteiger partial charge in [-0.1, -0.05) is 15.9 Å². The molecule has 0 unspecified atom stereocenters. The Labute approximate surface area is 99.9 Å². The predicted molar refractivity (Wildman–Crippen MR) is 60.4 cm³/mol. The van der Waals surface area contributed by atoms with Crippen LogP contribution in [0.15, 0.2) is 22.7 Å². The Balaban J connectivity index is 2.80. The summed E-state index contributed by atoms with van der Waals surface area (Å²) in [5, 5.41) is 12.9. The van der Waals surface area contributed by atoms with Crippen LogP contribution < -0.4 is 10.1 Å². The number of hydrogen-bond donors (Lipinski definition) is 1. The van der Waals surface area contributed by atoms with Gasteiger partial charge in [0.1, 0.15) is 5.75 Å². The number of hydrogen-bond acceptors (Lipinski definition) is 4. The van der Waals surface area contributed by atoms with E-state index in [1.165, 1.54) is 19.2 Å². The lowest BCUT2D eigenvalue weighted by Crippen LogP contribution is -2.24. The van der Waals surface area contributed by atoms with E-state index in [9.17, 15) is 14.9 Å². The fourth-order valence-electron chi connectivity index (χ4n) is 0.958. The molecule has 6 nitrogen and oxygen atoms in total.